The van der Waals surface area contributed by atoms with Gasteiger partial charge in [0.15, 0.2) is 6.61 Å². The number of ether oxygens (including phenoxy) is 3. The lowest BCUT2D eigenvalue weighted by Gasteiger charge is -2.18. The van der Waals surface area contributed by atoms with E-state index in [-0.39, 0.29) is 22.9 Å². The normalized spacial score (nSPS) is 11.4. The Kier molecular flexibility index (Phi) is 8.18. The van der Waals surface area contributed by atoms with Crippen molar-refractivity contribution in [3.05, 3.63) is 33.9 Å². The SMILES string of the molecule is COC(=O)[C@H](CC(C)C)NC(=O)COC(=O)c1cc([N+](=O)[O-])ccc1OC. The van der Waals surface area contributed by atoms with Crippen LogP contribution in [0.5, 0.6) is 5.75 Å². The maximum absolute atomic E-state index is 12.2. The highest BCUT2D eigenvalue weighted by molar-refractivity contribution is 5.95. The van der Waals surface area contributed by atoms with Crippen LogP contribution in [0.4, 0.5) is 5.69 Å². The number of benzene rings is 1. The molecule has 1 rings (SSSR count). The Labute approximate surface area is 155 Å². The molecule has 0 unspecified atom stereocenters. The molecular weight excluding hydrogens is 360 g/mol. The minimum absolute atomic E-state index is 0.0678. The summed E-state index contributed by atoms with van der Waals surface area (Å²) >= 11 is 0. The molecule has 1 aromatic carbocycles. The number of hydrogen-bond donors (Lipinski definition) is 1. The van der Waals surface area contributed by atoms with Gasteiger partial charge in [-0.1, -0.05) is 13.8 Å². The molecule has 0 saturated heterocycles. The summed E-state index contributed by atoms with van der Waals surface area (Å²) in [7, 11) is 2.49. The lowest BCUT2D eigenvalue weighted by Crippen LogP contribution is -2.44. The smallest absolute Gasteiger partial charge is 0.342 e. The quantitative estimate of drug-likeness (QED) is 0.385. The summed E-state index contributed by atoms with van der Waals surface area (Å²) in [6, 6.07) is 2.56. The van der Waals surface area contributed by atoms with Crippen molar-refractivity contribution in [1.82, 2.24) is 5.32 Å². The lowest BCUT2D eigenvalue weighted by atomic mass is 10.0. The molecule has 0 spiro atoms. The Morgan fingerprint density at radius 1 is 1.22 bits per heavy atom. The summed E-state index contributed by atoms with van der Waals surface area (Å²) < 4.78 is 14.5. The first-order chi connectivity index (χ1) is 12.7. The number of amides is 1. The molecule has 0 fully saturated rings. The monoisotopic (exact) mass is 382 g/mol. The molecule has 1 N–H and O–H groups in total. The van der Waals surface area contributed by atoms with Crippen LogP contribution in [-0.4, -0.2) is 49.6 Å². The van der Waals surface area contributed by atoms with Crippen molar-refractivity contribution in [2.24, 2.45) is 5.92 Å². The van der Waals surface area contributed by atoms with Gasteiger partial charge < -0.3 is 19.5 Å². The van der Waals surface area contributed by atoms with Gasteiger partial charge in [-0.2, -0.15) is 0 Å². The van der Waals surface area contributed by atoms with Crippen molar-refractivity contribution in [3.63, 3.8) is 0 Å². The average molecular weight is 382 g/mol. The van der Waals surface area contributed by atoms with Crippen molar-refractivity contribution in [2.45, 2.75) is 26.3 Å². The molecule has 10 nitrogen and oxygen atoms in total. The third-order valence-electron chi connectivity index (χ3n) is 3.48. The third kappa shape index (κ3) is 6.57. The number of nitrogens with one attached hydrogen (secondary N) is 1. The molecule has 0 aromatic heterocycles. The topological polar surface area (TPSA) is 134 Å². The standard InChI is InChI=1S/C17H22N2O8/c1-10(2)7-13(17(22)26-4)18-15(20)9-27-16(21)12-8-11(19(23)24)5-6-14(12)25-3/h5-6,8,10,13H,7,9H2,1-4H3,(H,18,20)/t13-/m0/s1. The van der Waals surface area contributed by atoms with Crippen LogP contribution in [0.2, 0.25) is 0 Å². The van der Waals surface area contributed by atoms with E-state index in [4.69, 9.17) is 9.47 Å². The van der Waals surface area contributed by atoms with Crippen molar-refractivity contribution >= 4 is 23.5 Å². The number of hydrogen-bond acceptors (Lipinski definition) is 8. The minimum Gasteiger partial charge on any atom is -0.496 e. The Balaban J connectivity index is 2.78. The molecule has 1 aromatic rings. The first-order valence-electron chi connectivity index (χ1n) is 8.06. The van der Waals surface area contributed by atoms with Gasteiger partial charge in [-0.15, -0.1) is 0 Å². The fourth-order valence-corrected chi connectivity index (χ4v) is 2.24. The van der Waals surface area contributed by atoms with E-state index in [0.29, 0.717) is 6.42 Å². The van der Waals surface area contributed by atoms with Gasteiger partial charge in [0.25, 0.3) is 11.6 Å². The summed E-state index contributed by atoms with van der Waals surface area (Å²) in [4.78, 5) is 46.0. The maximum atomic E-state index is 12.2. The fourth-order valence-electron chi connectivity index (χ4n) is 2.24. The van der Waals surface area contributed by atoms with Crippen LogP contribution < -0.4 is 10.1 Å². The van der Waals surface area contributed by atoms with Gasteiger partial charge in [0.2, 0.25) is 0 Å². The van der Waals surface area contributed by atoms with Crippen LogP contribution >= 0.6 is 0 Å². The molecule has 1 amide bonds. The maximum Gasteiger partial charge on any atom is 0.342 e. The van der Waals surface area contributed by atoms with Gasteiger partial charge in [0.1, 0.15) is 17.4 Å². The number of nitro groups is 1. The summed E-state index contributed by atoms with van der Waals surface area (Å²) in [5.74, 6) is -2.10. The number of methoxy groups -OCH3 is 2. The predicted octanol–water partition coefficient (Wildman–Crippen LogP) is 1.46. The van der Waals surface area contributed by atoms with Gasteiger partial charge >= 0.3 is 11.9 Å². The van der Waals surface area contributed by atoms with Gasteiger partial charge in [-0.05, 0) is 18.4 Å². The number of esters is 2. The van der Waals surface area contributed by atoms with Crippen LogP contribution in [0, 0.1) is 16.0 Å². The molecule has 10 heteroatoms. The molecule has 0 aliphatic rings. The van der Waals surface area contributed by atoms with E-state index in [1.807, 2.05) is 13.8 Å². The molecule has 1 atom stereocenters. The van der Waals surface area contributed by atoms with E-state index in [1.54, 1.807) is 0 Å². The Morgan fingerprint density at radius 2 is 1.89 bits per heavy atom. The Hall–Kier alpha value is -3.17. The highest BCUT2D eigenvalue weighted by Gasteiger charge is 2.24. The van der Waals surface area contributed by atoms with E-state index in [0.717, 1.165) is 6.07 Å². The second-order valence-electron chi connectivity index (χ2n) is 5.99. The molecule has 0 heterocycles. The number of nitro benzene ring substituents is 1. The van der Waals surface area contributed by atoms with Crippen LogP contribution in [0.15, 0.2) is 18.2 Å². The number of nitrogens with zero attached hydrogens (tertiary/aromatic N) is 1. The molecule has 0 aliphatic carbocycles. The minimum atomic E-state index is -0.968. The fraction of sp³-hybridized carbons (Fsp3) is 0.471. The molecule has 148 valence electrons. The second kappa shape index (κ2) is 10.1. The van der Waals surface area contributed by atoms with Crippen molar-refractivity contribution in [1.29, 1.82) is 0 Å². The summed E-state index contributed by atoms with van der Waals surface area (Å²) in [5, 5.41) is 13.3. The van der Waals surface area contributed by atoms with E-state index in [9.17, 15) is 24.5 Å². The molecule has 0 aliphatic heterocycles. The molecule has 27 heavy (non-hydrogen) atoms. The molecule has 0 saturated carbocycles. The largest absolute Gasteiger partial charge is 0.496 e. The second-order valence-corrected chi connectivity index (χ2v) is 5.99. The van der Waals surface area contributed by atoms with E-state index in [1.165, 1.54) is 26.4 Å². The van der Waals surface area contributed by atoms with Crippen molar-refractivity contribution in [3.8, 4) is 5.75 Å². The van der Waals surface area contributed by atoms with Gasteiger partial charge in [-0.25, -0.2) is 9.59 Å². The van der Waals surface area contributed by atoms with Crippen LogP contribution in [-0.2, 0) is 19.1 Å². The lowest BCUT2D eigenvalue weighted by molar-refractivity contribution is -0.384. The summed E-state index contributed by atoms with van der Waals surface area (Å²) in [6.45, 7) is 3.07. The van der Waals surface area contributed by atoms with Crippen LogP contribution in [0.25, 0.3) is 0 Å². The highest BCUT2D eigenvalue weighted by Crippen LogP contribution is 2.24. The van der Waals surface area contributed by atoms with Gasteiger partial charge in [-0.3, -0.25) is 14.9 Å². The first kappa shape index (κ1) is 21.9. The van der Waals surface area contributed by atoms with Gasteiger partial charge in [0.05, 0.1) is 19.1 Å². The van der Waals surface area contributed by atoms with Gasteiger partial charge in [0, 0.05) is 12.1 Å². The zero-order chi connectivity index (χ0) is 20.6. The highest BCUT2D eigenvalue weighted by atomic mass is 16.6. The summed E-state index contributed by atoms with van der Waals surface area (Å²) in [6.07, 6.45) is 0.352. The van der Waals surface area contributed by atoms with Crippen LogP contribution in [0.1, 0.15) is 30.6 Å². The number of rotatable bonds is 9. The first-order valence-corrected chi connectivity index (χ1v) is 8.06. The zero-order valence-electron chi connectivity index (χ0n) is 15.5. The number of carbonyl (C=O) groups excluding carboxylic acids is 3. The zero-order valence-corrected chi connectivity index (χ0v) is 15.5. The predicted molar refractivity (Wildman–Crippen MR) is 93.3 cm³/mol. The summed E-state index contributed by atoms with van der Waals surface area (Å²) in [5.41, 5.74) is -0.513. The number of carbonyl (C=O) groups is 3. The average Bonchev–Trinajstić information content (AvgIpc) is 2.63. The van der Waals surface area contributed by atoms with E-state index >= 15 is 0 Å². The van der Waals surface area contributed by atoms with Crippen LogP contribution in [0.3, 0.4) is 0 Å². The molecule has 0 bridgehead atoms. The Bertz CT molecular complexity index is 717. The molecular formula is C17H22N2O8. The molecule has 0 radical (unpaired) electrons. The van der Waals surface area contributed by atoms with E-state index < -0.39 is 35.4 Å². The Morgan fingerprint density at radius 3 is 2.41 bits per heavy atom. The third-order valence-corrected chi connectivity index (χ3v) is 3.48. The van der Waals surface area contributed by atoms with E-state index in [2.05, 4.69) is 10.1 Å². The van der Waals surface area contributed by atoms with Crippen molar-refractivity contribution < 1.29 is 33.5 Å². The van der Waals surface area contributed by atoms with Crippen molar-refractivity contribution in [2.75, 3.05) is 20.8 Å². The number of non-ortho nitro benzene ring substituents is 1.